The van der Waals surface area contributed by atoms with E-state index in [2.05, 4.69) is 27.1 Å². The molecule has 0 aliphatic carbocycles. The molecule has 3 rings (SSSR count). The number of carbonyl (C=O) groups excluding carboxylic acids is 1. The number of ether oxygens (including phenoxy) is 1. The first-order chi connectivity index (χ1) is 10.7. The van der Waals surface area contributed by atoms with Crippen molar-refractivity contribution in [1.82, 2.24) is 25.1 Å². The highest BCUT2D eigenvalue weighted by Crippen LogP contribution is 2.22. The van der Waals surface area contributed by atoms with Gasteiger partial charge in [-0.1, -0.05) is 6.92 Å². The van der Waals surface area contributed by atoms with Crippen LogP contribution in [-0.4, -0.2) is 50.7 Å². The Bertz CT molecular complexity index is 653. The van der Waals surface area contributed by atoms with E-state index in [1.54, 1.807) is 11.1 Å². The number of morpholine rings is 1. The van der Waals surface area contributed by atoms with E-state index >= 15 is 0 Å². The van der Waals surface area contributed by atoms with Gasteiger partial charge in [0, 0.05) is 13.0 Å². The first-order valence-corrected chi connectivity index (χ1v) is 8.23. The van der Waals surface area contributed by atoms with Crippen molar-refractivity contribution in [1.29, 1.82) is 0 Å². The van der Waals surface area contributed by atoms with Gasteiger partial charge in [-0.3, -0.25) is 9.89 Å². The number of aromatic amines is 1. The van der Waals surface area contributed by atoms with Gasteiger partial charge >= 0.3 is 0 Å². The second-order valence-electron chi connectivity index (χ2n) is 5.24. The molecule has 1 aliphatic rings. The highest BCUT2D eigenvalue weighted by Gasteiger charge is 2.29. The Labute approximate surface area is 132 Å². The normalized spacial score (nSPS) is 18.6. The molecule has 1 atom stereocenters. The lowest BCUT2D eigenvalue weighted by molar-refractivity contribution is -0.0265. The standard InChI is InChI=1S/C14H19N5O2S/c1-3-4-12-16-13(18-17-12)10-8-19(5-6-21-10)14(20)11-7-15-9(2)22-11/h7,10H,3-6,8H2,1-2H3,(H,16,17,18). The third-order valence-corrected chi connectivity index (χ3v) is 4.41. The summed E-state index contributed by atoms with van der Waals surface area (Å²) in [6.07, 6.45) is 3.24. The number of amides is 1. The van der Waals surface area contributed by atoms with Gasteiger partial charge in [0.25, 0.3) is 5.91 Å². The Hall–Kier alpha value is -1.80. The third kappa shape index (κ3) is 3.17. The van der Waals surface area contributed by atoms with E-state index in [0.29, 0.717) is 30.4 Å². The van der Waals surface area contributed by atoms with E-state index in [1.807, 2.05) is 6.92 Å². The minimum Gasteiger partial charge on any atom is -0.366 e. The van der Waals surface area contributed by atoms with Gasteiger partial charge in [-0.05, 0) is 13.3 Å². The summed E-state index contributed by atoms with van der Waals surface area (Å²) in [6.45, 7) is 5.53. The van der Waals surface area contributed by atoms with E-state index in [-0.39, 0.29) is 12.0 Å². The molecule has 0 aromatic carbocycles. The number of nitrogens with zero attached hydrogens (tertiary/aromatic N) is 4. The molecular formula is C14H19N5O2S. The van der Waals surface area contributed by atoms with Crippen molar-refractivity contribution in [2.75, 3.05) is 19.7 Å². The average molecular weight is 321 g/mol. The lowest BCUT2D eigenvalue weighted by atomic mass is 10.2. The van der Waals surface area contributed by atoms with E-state index in [4.69, 9.17) is 4.74 Å². The Morgan fingerprint density at radius 1 is 1.59 bits per heavy atom. The van der Waals surface area contributed by atoms with Crippen LogP contribution in [0.4, 0.5) is 0 Å². The molecule has 22 heavy (non-hydrogen) atoms. The van der Waals surface area contributed by atoms with Gasteiger partial charge < -0.3 is 9.64 Å². The van der Waals surface area contributed by atoms with Crippen molar-refractivity contribution >= 4 is 17.2 Å². The summed E-state index contributed by atoms with van der Waals surface area (Å²) >= 11 is 1.42. The van der Waals surface area contributed by atoms with Crippen molar-refractivity contribution < 1.29 is 9.53 Å². The molecule has 3 heterocycles. The van der Waals surface area contributed by atoms with E-state index in [0.717, 1.165) is 23.7 Å². The largest absolute Gasteiger partial charge is 0.366 e. The van der Waals surface area contributed by atoms with Crippen LogP contribution in [-0.2, 0) is 11.2 Å². The predicted octanol–water partition coefficient (Wildman–Crippen LogP) is 1.74. The fourth-order valence-electron chi connectivity index (χ4n) is 2.41. The molecule has 0 saturated carbocycles. The fourth-order valence-corrected chi connectivity index (χ4v) is 3.15. The summed E-state index contributed by atoms with van der Waals surface area (Å²) in [5, 5.41) is 8.05. The van der Waals surface area contributed by atoms with Gasteiger partial charge in [-0.15, -0.1) is 11.3 Å². The maximum absolute atomic E-state index is 12.5. The highest BCUT2D eigenvalue weighted by atomic mass is 32.1. The molecule has 1 amide bonds. The Balaban J connectivity index is 1.69. The molecule has 1 N–H and O–H groups in total. The van der Waals surface area contributed by atoms with Gasteiger partial charge in [0.2, 0.25) is 0 Å². The molecule has 8 heteroatoms. The molecule has 0 bridgehead atoms. The van der Waals surface area contributed by atoms with Crippen molar-refractivity contribution in [2.24, 2.45) is 0 Å². The number of carbonyl (C=O) groups is 1. The summed E-state index contributed by atoms with van der Waals surface area (Å²) in [5.74, 6) is 1.49. The lowest BCUT2D eigenvalue weighted by Gasteiger charge is -2.31. The minimum absolute atomic E-state index is 0.00298. The summed E-state index contributed by atoms with van der Waals surface area (Å²) in [4.78, 5) is 23.5. The van der Waals surface area contributed by atoms with Gasteiger partial charge in [0.15, 0.2) is 5.82 Å². The van der Waals surface area contributed by atoms with Gasteiger partial charge in [0.05, 0.1) is 24.4 Å². The Kier molecular flexibility index (Phi) is 4.49. The quantitative estimate of drug-likeness (QED) is 0.927. The number of aryl methyl sites for hydroxylation is 2. The third-order valence-electron chi connectivity index (χ3n) is 3.51. The molecular weight excluding hydrogens is 302 g/mol. The maximum atomic E-state index is 12.5. The maximum Gasteiger partial charge on any atom is 0.265 e. The predicted molar refractivity (Wildman–Crippen MR) is 81.8 cm³/mol. The van der Waals surface area contributed by atoms with Crippen molar-refractivity contribution in [3.8, 4) is 0 Å². The number of aromatic nitrogens is 4. The number of hydrogen-bond acceptors (Lipinski definition) is 6. The van der Waals surface area contributed by atoms with Crippen LogP contribution in [0.15, 0.2) is 6.20 Å². The monoisotopic (exact) mass is 321 g/mol. The number of hydrogen-bond donors (Lipinski definition) is 1. The number of H-pyrrole nitrogens is 1. The summed E-state index contributed by atoms with van der Waals surface area (Å²) in [5.41, 5.74) is 0. The molecule has 2 aromatic heterocycles. The van der Waals surface area contributed by atoms with Crippen molar-refractivity contribution in [2.45, 2.75) is 32.8 Å². The zero-order chi connectivity index (χ0) is 15.5. The number of nitrogens with one attached hydrogen (secondary N) is 1. The molecule has 1 saturated heterocycles. The molecule has 0 radical (unpaired) electrons. The van der Waals surface area contributed by atoms with Crippen LogP contribution in [0.1, 0.15) is 45.8 Å². The van der Waals surface area contributed by atoms with Gasteiger partial charge in [0.1, 0.15) is 16.8 Å². The first kappa shape index (κ1) is 15.1. The van der Waals surface area contributed by atoms with Crippen LogP contribution >= 0.6 is 11.3 Å². The van der Waals surface area contributed by atoms with E-state index < -0.39 is 0 Å². The van der Waals surface area contributed by atoms with E-state index in [1.165, 1.54) is 11.3 Å². The zero-order valence-electron chi connectivity index (χ0n) is 12.7. The second kappa shape index (κ2) is 6.53. The highest BCUT2D eigenvalue weighted by molar-refractivity contribution is 7.13. The van der Waals surface area contributed by atoms with Gasteiger partial charge in [-0.2, -0.15) is 5.10 Å². The molecule has 1 unspecified atom stereocenters. The molecule has 1 fully saturated rings. The molecule has 118 valence electrons. The Morgan fingerprint density at radius 3 is 3.18 bits per heavy atom. The van der Waals surface area contributed by atoms with E-state index in [9.17, 15) is 4.79 Å². The first-order valence-electron chi connectivity index (χ1n) is 7.42. The smallest absolute Gasteiger partial charge is 0.265 e. The molecule has 2 aromatic rings. The second-order valence-corrected chi connectivity index (χ2v) is 6.48. The van der Waals surface area contributed by atoms with Crippen LogP contribution < -0.4 is 0 Å². The van der Waals surface area contributed by atoms with Crippen molar-refractivity contribution in [3.05, 3.63) is 27.7 Å². The Morgan fingerprint density at radius 2 is 2.45 bits per heavy atom. The average Bonchev–Trinajstić information content (AvgIpc) is 3.16. The lowest BCUT2D eigenvalue weighted by Crippen LogP contribution is -2.42. The van der Waals surface area contributed by atoms with Crippen molar-refractivity contribution in [3.63, 3.8) is 0 Å². The molecule has 1 aliphatic heterocycles. The number of rotatable bonds is 4. The van der Waals surface area contributed by atoms with Crippen LogP contribution in [0, 0.1) is 6.92 Å². The fraction of sp³-hybridized carbons (Fsp3) is 0.571. The summed E-state index contributed by atoms with van der Waals surface area (Å²) in [6, 6.07) is 0. The van der Waals surface area contributed by atoms with Crippen LogP contribution in [0.3, 0.4) is 0 Å². The minimum atomic E-state index is -0.270. The summed E-state index contributed by atoms with van der Waals surface area (Å²) in [7, 11) is 0. The molecule has 7 nitrogen and oxygen atoms in total. The van der Waals surface area contributed by atoms with Gasteiger partial charge in [-0.25, -0.2) is 9.97 Å². The van der Waals surface area contributed by atoms with Crippen LogP contribution in [0.2, 0.25) is 0 Å². The van der Waals surface area contributed by atoms with Crippen LogP contribution in [0.25, 0.3) is 0 Å². The van der Waals surface area contributed by atoms with Crippen LogP contribution in [0.5, 0.6) is 0 Å². The SMILES string of the molecule is CCCc1nc(C2CN(C(=O)c3cnc(C)s3)CCO2)n[nH]1. The summed E-state index contributed by atoms with van der Waals surface area (Å²) < 4.78 is 5.73. The molecule has 0 spiro atoms. The number of thiazole rings is 1. The zero-order valence-corrected chi connectivity index (χ0v) is 13.5. The topological polar surface area (TPSA) is 84.0 Å².